The fourth-order valence-corrected chi connectivity index (χ4v) is 4.59. The number of carboxylic acids is 1. The van der Waals surface area contributed by atoms with Crippen molar-refractivity contribution in [2.45, 2.75) is 39.0 Å². The third kappa shape index (κ3) is 4.94. The maximum absolute atomic E-state index is 12.8. The normalized spacial score (nSPS) is 11.4. The first-order valence-electron chi connectivity index (χ1n) is 10.1. The van der Waals surface area contributed by atoms with Crippen LogP contribution in [0.3, 0.4) is 0 Å². The van der Waals surface area contributed by atoms with Crippen LogP contribution in [-0.2, 0) is 16.4 Å². The molecule has 0 amide bonds. The highest BCUT2D eigenvalue weighted by molar-refractivity contribution is 7.92. The van der Waals surface area contributed by atoms with E-state index in [9.17, 15) is 18.3 Å². The molecular formula is C23H27N3O5S. The van der Waals surface area contributed by atoms with Gasteiger partial charge in [-0.2, -0.15) is 0 Å². The predicted molar refractivity (Wildman–Crippen MR) is 123 cm³/mol. The number of aromatic nitrogens is 1. The van der Waals surface area contributed by atoms with E-state index in [1.54, 1.807) is 31.3 Å². The molecule has 9 heteroatoms. The molecule has 3 rings (SSSR count). The zero-order valence-corrected chi connectivity index (χ0v) is 19.6. The molecule has 0 aliphatic carbocycles. The van der Waals surface area contributed by atoms with E-state index in [-0.39, 0.29) is 16.1 Å². The largest absolute Gasteiger partial charge is 0.478 e. The number of anilines is 2. The van der Waals surface area contributed by atoms with Gasteiger partial charge in [0.05, 0.1) is 21.8 Å². The Morgan fingerprint density at radius 1 is 1.09 bits per heavy atom. The number of rotatable bonds is 8. The van der Waals surface area contributed by atoms with Crippen LogP contribution in [0.15, 0.2) is 45.8 Å². The standard InChI is InChI=1S/C23H27N3O5S/c1-14-6-8-19(12-15(14)2)32(29,30)25-18-7-9-22(21(13-18)23(27)28)26(5)11-10-20-16(3)24-31-17(20)4/h6-9,12-13,25H,10-11H2,1-5H3,(H,27,28). The summed E-state index contributed by atoms with van der Waals surface area (Å²) in [6.07, 6.45) is 0.637. The zero-order chi connectivity index (χ0) is 23.6. The van der Waals surface area contributed by atoms with Crippen LogP contribution in [0.2, 0.25) is 0 Å². The van der Waals surface area contributed by atoms with Crippen LogP contribution >= 0.6 is 0 Å². The average Bonchev–Trinajstić information content (AvgIpc) is 3.05. The molecule has 0 atom stereocenters. The van der Waals surface area contributed by atoms with Crippen molar-refractivity contribution in [3.05, 3.63) is 70.1 Å². The van der Waals surface area contributed by atoms with E-state index in [0.717, 1.165) is 28.1 Å². The number of hydrogen-bond acceptors (Lipinski definition) is 6. The van der Waals surface area contributed by atoms with E-state index < -0.39 is 16.0 Å². The number of carboxylic acid groups (broad SMARTS) is 1. The molecule has 0 spiro atoms. The molecule has 1 aromatic heterocycles. The molecule has 0 fully saturated rings. The Balaban J connectivity index is 1.83. The lowest BCUT2D eigenvalue weighted by Crippen LogP contribution is -2.23. The van der Waals surface area contributed by atoms with Gasteiger partial charge in [-0.1, -0.05) is 11.2 Å². The van der Waals surface area contributed by atoms with E-state index in [4.69, 9.17) is 4.52 Å². The topological polar surface area (TPSA) is 113 Å². The quantitative estimate of drug-likeness (QED) is 0.524. The van der Waals surface area contributed by atoms with Crippen molar-refractivity contribution in [1.82, 2.24) is 5.16 Å². The van der Waals surface area contributed by atoms with Crippen molar-refractivity contribution in [3.8, 4) is 0 Å². The molecule has 0 saturated carbocycles. The van der Waals surface area contributed by atoms with Gasteiger partial charge in [-0.25, -0.2) is 13.2 Å². The Hall–Kier alpha value is -3.33. The van der Waals surface area contributed by atoms with Gasteiger partial charge in [0.25, 0.3) is 10.0 Å². The molecule has 0 aliphatic heterocycles. The van der Waals surface area contributed by atoms with Crippen molar-refractivity contribution in [2.24, 2.45) is 0 Å². The Bertz CT molecular complexity index is 1250. The van der Waals surface area contributed by atoms with Gasteiger partial charge in [-0.15, -0.1) is 0 Å². The highest BCUT2D eigenvalue weighted by Gasteiger charge is 2.19. The average molecular weight is 458 g/mol. The molecular weight excluding hydrogens is 430 g/mol. The van der Waals surface area contributed by atoms with Crippen LogP contribution in [0.4, 0.5) is 11.4 Å². The minimum absolute atomic E-state index is 0.00606. The van der Waals surface area contributed by atoms with E-state index in [2.05, 4.69) is 9.88 Å². The molecule has 0 bridgehead atoms. The zero-order valence-electron chi connectivity index (χ0n) is 18.8. The van der Waals surface area contributed by atoms with Gasteiger partial charge in [-0.05, 0) is 75.6 Å². The van der Waals surface area contributed by atoms with Crippen molar-refractivity contribution in [1.29, 1.82) is 0 Å². The number of nitrogens with zero attached hydrogens (tertiary/aromatic N) is 2. The van der Waals surface area contributed by atoms with Gasteiger partial charge in [0.2, 0.25) is 0 Å². The highest BCUT2D eigenvalue weighted by atomic mass is 32.2. The molecule has 2 N–H and O–H groups in total. The number of aromatic carboxylic acids is 1. The highest BCUT2D eigenvalue weighted by Crippen LogP contribution is 2.26. The van der Waals surface area contributed by atoms with Crippen LogP contribution in [-0.4, -0.2) is 38.2 Å². The number of likely N-dealkylation sites (N-methyl/N-ethyl adjacent to an activating group) is 1. The van der Waals surface area contributed by atoms with Crippen molar-refractivity contribution < 1.29 is 22.8 Å². The Morgan fingerprint density at radius 2 is 1.81 bits per heavy atom. The number of hydrogen-bond donors (Lipinski definition) is 2. The lowest BCUT2D eigenvalue weighted by Gasteiger charge is -2.22. The Kier molecular flexibility index (Phi) is 6.59. The minimum Gasteiger partial charge on any atom is -0.478 e. The molecule has 32 heavy (non-hydrogen) atoms. The van der Waals surface area contributed by atoms with Gasteiger partial charge >= 0.3 is 5.97 Å². The lowest BCUT2D eigenvalue weighted by atomic mass is 10.1. The number of carbonyl (C=O) groups is 1. The summed E-state index contributed by atoms with van der Waals surface area (Å²) >= 11 is 0. The summed E-state index contributed by atoms with van der Waals surface area (Å²) in [5.41, 5.74) is 4.32. The summed E-state index contributed by atoms with van der Waals surface area (Å²) in [4.78, 5) is 13.8. The lowest BCUT2D eigenvalue weighted by molar-refractivity contribution is 0.0697. The summed E-state index contributed by atoms with van der Waals surface area (Å²) in [5.74, 6) is -0.401. The smallest absolute Gasteiger partial charge is 0.337 e. The van der Waals surface area contributed by atoms with Crippen LogP contribution < -0.4 is 9.62 Å². The molecule has 0 aliphatic rings. The third-order valence-electron chi connectivity index (χ3n) is 5.56. The first-order valence-corrected chi connectivity index (χ1v) is 11.6. The SMILES string of the molecule is Cc1ccc(S(=O)(=O)Nc2ccc(N(C)CCc3c(C)noc3C)c(C(=O)O)c2)cc1C. The van der Waals surface area contributed by atoms with Crippen molar-refractivity contribution in [3.63, 3.8) is 0 Å². The van der Waals surface area contributed by atoms with Crippen LogP contribution in [0.5, 0.6) is 0 Å². The van der Waals surface area contributed by atoms with Gasteiger partial charge < -0.3 is 14.5 Å². The molecule has 0 radical (unpaired) electrons. The fourth-order valence-electron chi connectivity index (χ4n) is 3.46. The fraction of sp³-hybridized carbons (Fsp3) is 0.304. The summed E-state index contributed by atoms with van der Waals surface area (Å²) in [6, 6.07) is 9.36. The number of sulfonamides is 1. The van der Waals surface area contributed by atoms with Gasteiger partial charge in [0.1, 0.15) is 5.76 Å². The molecule has 0 saturated heterocycles. The molecule has 1 heterocycles. The Morgan fingerprint density at radius 3 is 2.41 bits per heavy atom. The third-order valence-corrected chi connectivity index (χ3v) is 6.94. The first-order chi connectivity index (χ1) is 15.0. The van der Waals surface area contributed by atoms with Crippen LogP contribution in [0.1, 0.15) is 38.5 Å². The number of benzene rings is 2. The second kappa shape index (κ2) is 9.04. The second-order valence-corrected chi connectivity index (χ2v) is 9.55. The van der Waals surface area contributed by atoms with Crippen molar-refractivity contribution in [2.75, 3.05) is 23.2 Å². The molecule has 2 aromatic carbocycles. The number of nitrogens with one attached hydrogen (secondary N) is 1. The maximum atomic E-state index is 12.8. The molecule has 0 unspecified atom stereocenters. The molecule has 3 aromatic rings. The van der Waals surface area contributed by atoms with Gasteiger partial charge in [0.15, 0.2) is 0 Å². The summed E-state index contributed by atoms with van der Waals surface area (Å²) < 4.78 is 33.2. The van der Waals surface area contributed by atoms with Crippen molar-refractivity contribution >= 4 is 27.4 Å². The summed E-state index contributed by atoms with van der Waals surface area (Å²) in [7, 11) is -2.06. The predicted octanol–water partition coefficient (Wildman–Crippen LogP) is 4.09. The van der Waals surface area contributed by atoms with E-state index >= 15 is 0 Å². The first kappa shape index (κ1) is 23.3. The van der Waals surface area contributed by atoms with Crippen LogP contribution in [0, 0.1) is 27.7 Å². The molecule has 170 valence electrons. The second-order valence-electron chi connectivity index (χ2n) is 7.86. The van der Waals surface area contributed by atoms with Gasteiger partial charge in [-0.3, -0.25) is 4.72 Å². The maximum Gasteiger partial charge on any atom is 0.337 e. The van der Waals surface area contributed by atoms with E-state index in [0.29, 0.717) is 18.7 Å². The Labute approximate surface area is 187 Å². The monoisotopic (exact) mass is 457 g/mol. The van der Waals surface area contributed by atoms with Gasteiger partial charge in [0, 0.05) is 24.8 Å². The minimum atomic E-state index is -3.85. The van der Waals surface area contributed by atoms with Crippen LogP contribution in [0.25, 0.3) is 0 Å². The van der Waals surface area contributed by atoms with E-state index in [1.807, 2.05) is 32.6 Å². The summed E-state index contributed by atoms with van der Waals surface area (Å²) in [6.45, 7) is 7.99. The number of aryl methyl sites for hydroxylation is 4. The summed E-state index contributed by atoms with van der Waals surface area (Å²) in [5, 5.41) is 13.7. The van der Waals surface area contributed by atoms with E-state index in [1.165, 1.54) is 12.1 Å². The molecule has 8 nitrogen and oxygen atoms in total.